The molecule has 3 heterocycles. The van der Waals surface area contributed by atoms with Crippen molar-refractivity contribution < 1.29 is 9.53 Å². The van der Waals surface area contributed by atoms with Crippen molar-refractivity contribution in [2.75, 3.05) is 33.3 Å². The predicted octanol–water partition coefficient (Wildman–Crippen LogP) is 2.60. The smallest absolute Gasteiger partial charge is 0.226 e. The molecular weight excluding hydrogens is 352 g/mol. The van der Waals surface area contributed by atoms with Crippen LogP contribution in [0.3, 0.4) is 0 Å². The predicted molar refractivity (Wildman–Crippen MR) is 108 cm³/mol. The highest BCUT2D eigenvalue weighted by Crippen LogP contribution is 2.41. The summed E-state index contributed by atoms with van der Waals surface area (Å²) in [4.78, 5) is 22.3. The van der Waals surface area contributed by atoms with Crippen molar-refractivity contribution in [1.82, 2.24) is 19.4 Å². The molecule has 1 saturated heterocycles. The lowest BCUT2D eigenvalue weighted by Gasteiger charge is -2.50. The van der Waals surface area contributed by atoms with Crippen LogP contribution in [0.15, 0.2) is 30.5 Å². The summed E-state index contributed by atoms with van der Waals surface area (Å²) in [5.41, 5.74) is 2.21. The van der Waals surface area contributed by atoms with Gasteiger partial charge >= 0.3 is 0 Å². The van der Waals surface area contributed by atoms with Gasteiger partial charge in [-0.05, 0) is 44.0 Å². The number of likely N-dealkylation sites (tertiary alicyclic amines) is 1. The van der Waals surface area contributed by atoms with Crippen LogP contribution in [0, 0.1) is 6.92 Å². The summed E-state index contributed by atoms with van der Waals surface area (Å²) in [6.07, 6.45) is 4.31. The molecule has 1 aromatic carbocycles. The van der Waals surface area contributed by atoms with E-state index in [0.717, 1.165) is 56.9 Å². The van der Waals surface area contributed by atoms with E-state index in [1.54, 1.807) is 7.11 Å². The summed E-state index contributed by atoms with van der Waals surface area (Å²) >= 11 is 0. The number of aryl methyl sites for hydroxylation is 1. The van der Waals surface area contributed by atoms with E-state index in [0.29, 0.717) is 6.42 Å². The number of likely N-dealkylation sites (N-methyl/N-ethyl adjacent to an activating group) is 1. The van der Waals surface area contributed by atoms with Crippen LogP contribution in [-0.2, 0) is 23.3 Å². The van der Waals surface area contributed by atoms with Crippen molar-refractivity contribution in [1.29, 1.82) is 0 Å². The number of ether oxygens (including phenoxy) is 1. The van der Waals surface area contributed by atoms with E-state index in [4.69, 9.17) is 9.72 Å². The number of imidazole rings is 1. The molecule has 0 N–H and O–H groups in total. The maximum atomic E-state index is 12.9. The Bertz CT molecular complexity index is 852. The third-order valence-corrected chi connectivity index (χ3v) is 6.48. The fourth-order valence-electron chi connectivity index (χ4n) is 4.89. The minimum Gasteiger partial charge on any atom is -0.497 e. The third kappa shape index (κ3) is 3.20. The van der Waals surface area contributed by atoms with Crippen LogP contribution in [0.5, 0.6) is 5.75 Å². The molecule has 0 atom stereocenters. The quantitative estimate of drug-likeness (QED) is 0.816. The molecule has 2 aromatic rings. The number of hydrogen-bond acceptors (Lipinski definition) is 4. The molecule has 150 valence electrons. The molecule has 2 aliphatic rings. The zero-order valence-electron chi connectivity index (χ0n) is 17.1. The van der Waals surface area contributed by atoms with E-state index in [2.05, 4.69) is 23.3 Å². The van der Waals surface area contributed by atoms with Crippen molar-refractivity contribution >= 4 is 5.91 Å². The van der Waals surface area contributed by atoms with Gasteiger partial charge in [-0.25, -0.2) is 4.98 Å². The molecule has 1 fully saturated rings. The summed E-state index contributed by atoms with van der Waals surface area (Å²) in [6.45, 7) is 9.01. The van der Waals surface area contributed by atoms with E-state index in [9.17, 15) is 4.79 Å². The topological polar surface area (TPSA) is 50.6 Å². The Balaban J connectivity index is 1.48. The molecule has 4 rings (SSSR count). The molecule has 28 heavy (non-hydrogen) atoms. The second-order valence-electron chi connectivity index (χ2n) is 7.90. The first-order valence-electron chi connectivity index (χ1n) is 10.3. The van der Waals surface area contributed by atoms with Crippen molar-refractivity contribution in [3.05, 3.63) is 47.5 Å². The number of fused-ring (bicyclic) bond motifs is 2. The fourth-order valence-corrected chi connectivity index (χ4v) is 4.89. The van der Waals surface area contributed by atoms with Gasteiger partial charge in [-0.1, -0.05) is 19.1 Å². The molecule has 0 radical (unpaired) electrons. The number of nitrogens with zero attached hydrogens (tertiary/aromatic N) is 4. The number of rotatable bonds is 4. The highest BCUT2D eigenvalue weighted by Gasteiger charge is 2.46. The van der Waals surface area contributed by atoms with Crippen LogP contribution in [0.25, 0.3) is 0 Å². The van der Waals surface area contributed by atoms with E-state index in [-0.39, 0.29) is 11.4 Å². The first-order chi connectivity index (χ1) is 13.6. The standard InChI is InChI=1S/C22H30N4O2/c1-4-25-12-13-26-17(2)16-23-21(26)22(25)8-10-24(11-9-22)20(27)15-18-6-5-7-19(14-18)28-3/h5-7,14,16H,4,8-13,15H2,1-3H3. The zero-order valence-corrected chi connectivity index (χ0v) is 17.1. The third-order valence-electron chi connectivity index (χ3n) is 6.48. The van der Waals surface area contributed by atoms with Crippen LogP contribution in [0.1, 0.15) is 36.8 Å². The number of carbonyl (C=O) groups excluding carboxylic acids is 1. The SMILES string of the molecule is CCN1CCn2c(C)cnc2C12CCN(C(=O)Cc1cccc(OC)c1)CC2. The lowest BCUT2D eigenvalue weighted by Crippen LogP contribution is -2.58. The first kappa shape index (κ1) is 19.0. The highest BCUT2D eigenvalue weighted by atomic mass is 16.5. The van der Waals surface area contributed by atoms with E-state index < -0.39 is 0 Å². The minimum atomic E-state index is -0.0337. The number of carbonyl (C=O) groups is 1. The number of hydrogen-bond donors (Lipinski definition) is 0. The van der Waals surface area contributed by atoms with Crippen LogP contribution in [-0.4, -0.2) is 58.5 Å². The maximum absolute atomic E-state index is 12.9. The van der Waals surface area contributed by atoms with E-state index in [1.165, 1.54) is 11.5 Å². The summed E-state index contributed by atoms with van der Waals surface area (Å²) < 4.78 is 7.65. The molecule has 0 aliphatic carbocycles. The fraction of sp³-hybridized carbons (Fsp3) is 0.545. The van der Waals surface area contributed by atoms with E-state index >= 15 is 0 Å². The van der Waals surface area contributed by atoms with Crippen molar-refractivity contribution in [3.63, 3.8) is 0 Å². The van der Waals surface area contributed by atoms with Gasteiger partial charge in [0, 0.05) is 38.1 Å². The summed E-state index contributed by atoms with van der Waals surface area (Å²) in [5, 5.41) is 0. The van der Waals surface area contributed by atoms with Gasteiger partial charge in [0.15, 0.2) is 0 Å². The Morgan fingerprint density at radius 3 is 2.71 bits per heavy atom. The van der Waals surface area contributed by atoms with Crippen LogP contribution in [0.4, 0.5) is 0 Å². The van der Waals surface area contributed by atoms with Crippen LogP contribution >= 0.6 is 0 Å². The molecule has 6 heteroatoms. The monoisotopic (exact) mass is 382 g/mol. The van der Waals surface area contributed by atoms with Crippen molar-refractivity contribution in [2.24, 2.45) is 0 Å². The van der Waals surface area contributed by atoms with Gasteiger partial charge in [0.2, 0.25) is 5.91 Å². The summed E-state index contributed by atoms with van der Waals surface area (Å²) in [5.74, 6) is 2.19. The summed E-state index contributed by atoms with van der Waals surface area (Å²) in [7, 11) is 1.65. The maximum Gasteiger partial charge on any atom is 0.226 e. The van der Waals surface area contributed by atoms with Gasteiger partial charge in [-0.2, -0.15) is 0 Å². The number of aromatic nitrogens is 2. The van der Waals surface area contributed by atoms with Gasteiger partial charge in [0.25, 0.3) is 0 Å². The van der Waals surface area contributed by atoms with Crippen molar-refractivity contribution in [3.8, 4) is 5.75 Å². The molecule has 2 aliphatic heterocycles. The molecule has 1 aromatic heterocycles. The van der Waals surface area contributed by atoms with E-state index in [1.807, 2.05) is 35.4 Å². The number of amides is 1. The van der Waals surface area contributed by atoms with Gasteiger partial charge in [0.1, 0.15) is 11.6 Å². The first-order valence-corrected chi connectivity index (χ1v) is 10.3. The molecule has 0 bridgehead atoms. The number of benzene rings is 1. The Morgan fingerprint density at radius 2 is 2.00 bits per heavy atom. The van der Waals surface area contributed by atoms with Gasteiger partial charge in [-0.3, -0.25) is 9.69 Å². The van der Waals surface area contributed by atoms with Gasteiger partial charge in [0.05, 0.1) is 19.1 Å². The lowest BCUT2D eigenvalue weighted by molar-refractivity contribution is -0.134. The molecule has 6 nitrogen and oxygen atoms in total. The highest BCUT2D eigenvalue weighted by molar-refractivity contribution is 5.79. The van der Waals surface area contributed by atoms with Crippen LogP contribution in [0.2, 0.25) is 0 Å². The molecular formula is C22H30N4O2. The van der Waals surface area contributed by atoms with Gasteiger partial charge in [-0.15, -0.1) is 0 Å². The zero-order chi connectivity index (χ0) is 19.7. The molecule has 0 unspecified atom stereocenters. The van der Waals surface area contributed by atoms with Crippen LogP contribution < -0.4 is 4.74 Å². The largest absolute Gasteiger partial charge is 0.497 e. The summed E-state index contributed by atoms with van der Waals surface area (Å²) in [6, 6.07) is 7.79. The number of piperidine rings is 1. The Labute approximate surface area is 167 Å². The van der Waals surface area contributed by atoms with Gasteiger partial charge < -0.3 is 14.2 Å². The number of methoxy groups -OCH3 is 1. The second-order valence-corrected chi connectivity index (χ2v) is 7.90. The molecule has 1 spiro atoms. The Kier molecular flexibility index (Phi) is 5.15. The lowest BCUT2D eigenvalue weighted by atomic mass is 9.83. The average molecular weight is 383 g/mol. The minimum absolute atomic E-state index is 0.0337. The Morgan fingerprint density at radius 1 is 1.21 bits per heavy atom. The normalized spacial score (nSPS) is 18.9. The Hall–Kier alpha value is -2.34. The molecule has 0 saturated carbocycles. The average Bonchev–Trinajstić information content (AvgIpc) is 3.11. The molecule has 1 amide bonds. The second kappa shape index (κ2) is 7.59. The van der Waals surface area contributed by atoms with Crippen molar-refractivity contribution in [2.45, 2.75) is 45.2 Å².